The molecule has 1 N–H and O–H groups in total. The van der Waals surface area contributed by atoms with Gasteiger partial charge in [0.25, 0.3) is 0 Å². The average Bonchev–Trinajstić information content (AvgIpc) is 2.65. The molecule has 0 bridgehead atoms. The lowest BCUT2D eigenvalue weighted by molar-refractivity contribution is -0.144. The Kier molecular flexibility index (Phi) is 5.19. The minimum absolute atomic E-state index is 0.155. The molecule has 0 aromatic heterocycles. The number of halogens is 2. The van der Waals surface area contributed by atoms with E-state index in [2.05, 4.69) is 0 Å². The second-order valence-electron chi connectivity index (χ2n) is 6.43. The molecule has 6 heteroatoms. The van der Waals surface area contributed by atoms with Gasteiger partial charge in [-0.2, -0.15) is 0 Å². The van der Waals surface area contributed by atoms with Crippen LogP contribution >= 0.6 is 11.6 Å². The Hall–Kier alpha value is -1.17. The van der Waals surface area contributed by atoms with Crippen molar-refractivity contribution in [2.75, 3.05) is 26.3 Å². The number of carbonyl (C=O) groups is 1. The fourth-order valence-electron chi connectivity index (χ4n) is 3.50. The smallest absolute Gasteiger partial charge is 0.325 e. The van der Waals surface area contributed by atoms with Gasteiger partial charge in [0.05, 0.1) is 13.2 Å². The molecule has 0 amide bonds. The molecule has 3 rings (SSSR count). The van der Waals surface area contributed by atoms with E-state index in [4.69, 9.17) is 16.3 Å². The highest BCUT2D eigenvalue weighted by atomic mass is 35.5. The Bertz CT molecular complexity index is 579. The molecule has 2 fully saturated rings. The third kappa shape index (κ3) is 3.67. The number of carboxylic acid groups (broad SMARTS) is 1. The topological polar surface area (TPSA) is 49.8 Å². The highest BCUT2D eigenvalue weighted by Gasteiger charge is 2.36. The number of hydrogen-bond acceptors (Lipinski definition) is 3. The molecule has 2 atom stereocenters. The minimum Gasteiger partial charge on any atom is -0.480 e. The van der Waals surface area contributed by atoms with Crippen LogP contribution in [0.1, 0.15) is 30.9 Å². The highest BCUT2D eigenvalue weighted by molar-refractivity contribution is 6.31. The number of rotatable bonds is 4. The molecule has 1 aliphatic heterocycles. The Labute approximate surface area is 140 Å². The van der Waals surface area contributed by atoms with Gasteiger partial charge in [0, 0.05) is 18.1 Å². The fourth-order valence-corrected chi connectivity index (χ4v) is 3.77. The maximum Gasteiger partial charge on any atom is 0.325 e. The summed E-state index contributed by atoms with van der Waals surface area (Å²) in [5.41, 5.74) is 0.440. The van der Waals surface area contributed by atoms with E-state index in [-0.39, 0.29) is 5.02 Å². The van der Waals surface area contributed by atoms with E-state index in [1.807, 2.05) is 4.90 Å². The van der Waals surface area contributed by atoms with Crippen molar-refractivity contribution in [2.24, 2.45) is 11.8 Å². The van der Waals surface area contributed by atoms with Crippen LogP contribution < -0.4 is 0 Å². The zero-order valence-corrected chi connectivity index (χ0v) is 13.6. The van der Waals surface area contributed by atoms with Crippen LogP contribution in [-0.2, 0) is 9.53 Å². The number of carboxylic acids is 1. The van der Waals surface area contributed by atoms with Crippen molar-refractivity contribution >= 4 is 17.6 Å². The third-order valence-electron chi connectivity index (χ3n) is 5.00. The van der Waals surface area contributed by atoms with E-state index >= 15 is 0 Å². The van der Waals surface area contributed by atoms with Gasteiger partial charge in [-0.1, -0.05) is 36.9 Å². The zero-order valence-electron chi connectivity index (χ0n) is 12.9. The van der Waals surface area contributed by atoms with Crippen LogP contribution in [0, 0.1) is 17.7 Å². The van der Waals surface area contributed by atoms with Gasteiger partial charge in [-0.3, -0.25) is 9.69 Å². The maximum absolute atomic E-state index is 13.3. The fraction of sp³-hybridized carbons (Fsp3) is 0.588. The Morgan fingerprint density at radius 1 is 1.39 bits per heavy atom. The predicted octanol–water partition coefficient (Wildman–Crippen LogP) is 3.35. The number of hydrogen-bond donors (Lipinski definition) is 1. The van der Waals surface area contributed by atoms with E-state index in [1.165, 1.54) is 37.5 Å². The summed E-state index contributed by atoms with van der Waals surface area (Å²) in [6.45, 7) is 2.40. The first kappa shape index (κ1) is 16.7. The Morgan fingerprint density at radius 3 is 2.78 bits per heavy atom. The first-order chi connectivity index (χ1) is 11.1. The highest BCUT2D eigenvalue weighted by Crippen LogP contribution is 2.37. The van der Waals surface area contributed by atoms with E-state index in [9.17, 15) is 14.3 Å². The molecule has 1 aliphatic carbocycles. The van der Waals surface area contributed by atoms with Crippen molar-refractivity contribution in [1.29, 1.82) is 0 Å². The third-order valence-corrected chi connectivity index (χ3v) is 5.32. The molecule has 23 heavy (non-hydrogen) atoms. The number of aliphatic carboxylic acids is 1. The maximum atomic E-state index is 13.3. The molecule has 0 spiro atoms. The van der Waals surface area contributed by atoms with Gasteiger partial charge in [-0.25, -0.2) is 4.39 Å². The van der Waals surface area contributed by atoms with Gasteiger partial charge in [0.1, 0.15) is 11.9 Å². The lowest BCUT2D eigenvalue weighted by atomic mass is 9.76. The van der Waals surface area contributed by atoms with Crippen molar-refractivity contribution in [3.63, 3.8) is 0 Å². The molecule has 1 aromatic rings. The monoisotopic (exact) mass is 341 g/mol. The molecular weight excluding hydrogens is 321 g/mol. The van der Waals surface area contributed by atoms with Crippen LogP contribution in [0.3, 0.4) is 0 Å². The molecular formula is C17H21ClFNO3. The average molecular weight is 342 g/mol. The van der Waals surface area contributed by atoms with E-state index in [0.717, 1.165) is 0 Å². The zero-order chi connectivity index (χ0) is 16.4. The Morgan fingerprint density at radius 2 is 2.17 bits per heavy atom. The number of benzene rings is 1. The molecule has 2 aliphatic rings. The second kappa shape index (κ2) is 7.16. The molecule has 1 heterocycles. The largest absolute Gasteiger partial charge is 0.480 e. The SMILES string of the molecule is O=C(O)C(c1ccc(F)cc1Cl)N1CCOCC(C2CCC2)C1. The van der Waals surface area contributed by atoms with Crippen LogP contribution in [0.25, 0.3) is 0 Å². The van der Waals surface area contributed by atoms with Crippen LogP contribution in [0.2, 0.25) is 5.02 Å². The summed E-state index contributed by atoms with van der Waals surface area (Å²) in [5, 5.41) is 9.88. The van der Waals surface area contributed by atoms with Crippen molar-refractivity contribution < 1.29 is 19.0 Å². The molecule has 4 nitrogen and oxygen atoms in total. The molecule has 2 unspecified atom stereocenters. The molecule has 126 valence electrons. The van der Waals surface area contributed by atoms with Gasteiger partial charge in [-0.15, -0.1) is 0 Å². The van der Waals surface area contributed by atoms with Gasteiger partial charge in [0.15, 0.2) is 0 Å². The second-order valence-corrected chi connectivity index (χ2v) is 6.83. The van der Waals surface area contributed by atoms with E-state index in [1.54, 1.807) is 0 Å². The summed E-state index contributed by atoms with van der Waals surface area (Å²) < 4.78 is 19.0. The quantitative estimate of drug-likeness (QED) is 0.912. The standard InChI is InChI=1S/C17H21ClFNO3/c18-15-8-13(19)4-5-14(15)16(17(21)22)20-6-7-23-10-12(9-20)11-2-1-3-11/h4-5,8,11-12,16H,1-3,6-7,9-10H2,(H,21,22). The van der Waals surface area contributed by atoms with Crippen LogP contribution in [0.5, 0.6) is 0 Å². The summed E-state index contributed by atoms with van der Waals surface area (Å²) >= 11 is 6.10. The molecule has 1 aromatic carbocycles. The van der Waals surface area contributed by atoms with Crippen molar-refractivity contribution in [3.05, 3.63) is 34.6 Å². The summed E-state index contributed by atoms with van der Waals surface area (Å²) in [4.78, 5) is 13.8. The van der Waals surface area contributed by atoms with Crippen molar-refractivity contribution in [3.8, 4) is 0 Å². The predicted molar refractivity (Wildman–Crippen MR) is 85.0 cm³/mol. The van der Waals surface area contributed by atoms with Crippen molar-refractivity contribution in [2.45, 2.75) is 25.3 Å². The van der Waals surface area contributed by atoms with Gasteiger partial charge in [0.2, 0.25) is 0 Å². The van der Waals surface area contributed by atoms with Gasteiger partial charge < -0.3 is 9.84 Å². The first-order valence-electron chi connectivity index (χ1n) is 8.06. The lowest BCUT2D eigenvalue weighted by Gasteiger charge is -2.36. The molecule has 1 saturated carbocycles. The molecule has 0 radical (unpaired) electrons. The van der Waals surface area contributed by atoms with Crippen molar-refractivity contribution in [1.82, 2.24) is 4.90 Å². The normalized spacial score (nSPS) is 24.7. The number of nitrogens with zero attached hydrogens (tertiary/aromatic N) is 1. The van der Waals surface area contributed by atoms with Crippen LogP contribution in [0.4, 0.5) is 4.39 Å². The minimum atomic E-state index is -0.965. The van der Waals surface area contributed by atoms with Crippen LogP contribution in [0.15, 0.2) is 18.2 Å². The lowest BCUT2D eigenvalue weighted by Crippen LogP contribution is -2.40. The summed E-state index contributed by atoms with van der Waals surface area (Å²) in [5.74, 6) is -0.455. The van der Waals surface area contributed by atoms with E-state index in [0.29, 0.717) is 43.7 Å². The summed E-state index contributed by atoms with van der Waals surface area (Å²) in [6, 6.07) is 3.03. The Balaban J connectivity index is 1.85. The summed E-state index contributed by atoms with van der Waals surface area (Å²) in [6.07, 6.45) is 3.63. The van der Waals surface area contributed by atoms with Gasteiger partial charge in [-0.05, 0) is 29.5 Å². The number of ether oxygens (including phenoxy) is 1. The summed E-state index contributed by atoms with van der Waals surface area (Å²) in [7, 11) is 0. The molecule has 1 saturated heterocycles. The first-order valence-corrected chi connectivity index (χ1v) is 8.43. The van der Waals surface area contributed by atoms with Crippen LogP contribution in [-0.4, -0.2) is 42.3 Å². The van der Waals surface area contributed by atoms with Gasteiger partial charge >= 0.3 is 5.97 Å². The van der Waals surface area contributed by atoms with E-state index < -0.39 is 17.8 Å².